The highest BCUT2D eigenvalue weighted by Gasteiger charge is 2.09. The number of hydrogen-bond donors (Lipinski definition) is 2. The Hall–Kier alpha value is -1.20. The molecule has 13 heavy (non-hydrogen) atoms. The molecule has 0 atom stereocenters. The summed E-state index contributed by atoms with van der Waals surface area (Å²) in [6.07, 6.45) is 0. The second-order valence-electron chi connectivity index (χ2n) is 2.54. The van der Waals surface area contributed by atoms with Crippen LogP contribution in [0, 0.1) is 6.92 Å². The largest absolute Gasteiger partial charge is 0.481 e. The van der Waals surface area contributed by atoms with Gasteiger partial charge in [0.2, 0.25) is 5.88 Å². The third-order valence-corrected chi connectivity index (χ3v) is 1.73. The van der Waals surface area contributed by atoms with Crippen molar-refractivity contribution in [1.29, 1.82) is 0 Å². The summed E-state index contributed by atoms with van der Waals surface area (Å²) >= 11 is 0. The zero-order chi connectivity index (χ0) is 9.84. The molecule has 0 bridgehead atoms. The molecule has 0 saturated carbocycles. The van der Waals surface area contributed by atoms with E-state index in [4.69, 9.17) is 14.9 Å². The van der Waals surface area contributed by atoms with Gasteiger partial charge in [-0.05, 0) is 6.92 Å². The van der Waals surface area contributed by atoms with Crippen LogP contribution in [0.2, 0.25) is 0 Å². The van der Waals surface area contributed by atoms with Crippen molar-refractivity contribution in [3.63, 3.8) is 0 Å². The van der Waals surface area contributed by atoms with Gasteiger partial charge in [0.05, 0.1) is 19.4 Å². The van der Waals surface area contributed by atoms with Gasteiger partial charge in [-0.1, -0.05) is 0 Å². The lowest BCUT2D eigenvalue weighted by Gasteiger charge is -2.08. The molecule has 5 heteroatoms. The molecule has 1 rings (SSSR count). The maximum atomic E-state index is 8.93. The first-order valence-corrected chi connectivity index (χ1v) is 3.85. The van der Waals surface area contributed by atoms with Gasteiger partial charge >= 0.3 is 0 Å². The Kier molecular flexibility index (Phi) is 3.16. The molecule has 0 aromatic carbocycles. The molecular formula is C8H12N2O3. The number of rotatable bonds is 3. The monoisotopic (exact) mass is 184 g/mol. The van der Waals surface area contributed by atoms with Crippen molar-refractivity contribution in [2.24, 2.45) is 0 Å². The molecule has 0 aliphatic rings. The Morgan fingerprint density at radius 3 is 2.38 bits per heavy atom. The van der Waals surface area contributed by atoms with E-state index < -0.39 is 0 Å². The Bertz CT molecular complexity index is 276. The van der Waals surface area contributed by atoms with E-state index in [0.717, 1.165) is 0 Å². The normalized spacial score (nSPS) is 10.2. The minimum Gasteiger partial charge on any atom is -0.481 e. The van der Waals surface area contributed by atoms with Gasteiger partial charge in [0.1, 0.15) is 6.61 Å². The second kappa shape index (κ2) is 4.15. The van der Waals surface area contributed by atoms with Crippen molar-refractivity contribution in [2.75, 3.05) is 7.11 Å². The summed E-state index contributed by atoms with van der Waals surface area (Å²) in [6, 6.07) is 0. The lowest BCUT2D eigenvalue weighted by Crippen LogP contribution is -2.05. The number of ether oxygens (including phenoxy) is 1. The van der Waals surface area contributed by atoms with E-state index >= 15 is 0 Å². The van der Waals surface area contributed by atoms with Gasteiger partial charge in [-0.2, -0.15) is 4.98 Å². The van der Waals surface area contributed by atoms with Gasteiger partial charge in [-0.3, -0.25) is 0 Å². The van der Waals surface area contributed by atoms with Crippen molar-refractivity contribution in [3.05, 3.63) is 17.1 Å². The number of aliphatic hydroxyl groups is 2. The lowest BCUT2D eigenvalue weighted by molar-refractivity contribution is 0.256. The molecule has 0 amide bonds. The summed E-state index contributed by atoms with van der Waals surface area (Å²) in [5, 5.41) is 17.7. The van der Waals surface area contributed by atoms with Gasteiger partial charge in [0, 0.05) is 5.56 Å². The van der Waals surface area contributed by atoms with Gasteiger partial charge in [-0.15, -0.1) is 0 Å². The van der Waals surface area contributed by atoms with Crippen molar-refractivity contribution in [1.82, 2.24) is 9.97 Å². The number of nitrogens with zero attached hydrogens (tertiary/aromatic N) is 2. The summed E-state index contributed by atoms with van der Waals surface area (Å²) in [5.74, 6) is 0.648. The minimum atomic E-state index is -0.260. The van der Waals surface area contributed by atoms with Gasteiger partial charge in [0.25, 0.3) is 0 Å². The third-order valence-electron chi connectivity index (χ3n) is 1.73. The SMILES string of the molecule is COc1nc(CO)nc(CO)c1C. The number of aromatic nitrogens is 2. The van der Waals surface area contributed by atoms with Crippen LogP contribution in [0.4, 0.5) is 0 Å². The number of aliphatic hydroxyl groups excluding tert-OH is 2. The molecule has 0 spiro atoms. The number of hydrogen-bond acceptors (Lipinski definition) is 5. The fourth-order valence-electron chi connectivity index (χ4n) is 1.01. The van der Waals surface area contributed by atoms with Crippen LogP contribution in [0.5, 0.6) is 5.88 Å². The smallest absolute Gasteiger partial charge is 0.219 e. The highest BCUT2D eigenvalue weighted by Crippen LogP contribution is 2.17. The predicted molar refractivity (Wildman–Crippen MR) is 45.2 cm³/mol. The van der Waals surface area contributed by atoms with E-state index in [2.05, 4.69) is 9.97 Å². The summed E-state index contributed by atoms with van der Waals surface area (Å²) < 4.78 is 4.96. The molecular weight excluding hydrogens is 172 g/mol. The Morgan fingerprint density at radius 1 is 1.23 bits per heavy atom. The van der Waals surface area contributed by atoms with E-state index in [0.29, 0.717) is 17.1 Å². The standard InChI is InChI=1S/C8H12N2O3/c1-5-6(3-11)9-7(4-12)10-8(5)13-2/h11-12H,3-4H2,1-2H3. The van der Waals surface area contributed by atoms with Crippen LogP contribution in [0.15, 0.2) is 0 Å². The Morgan fingerprint density at radius 2 is 1.92 bits per heavy atom. The van der Waals surface area contributed by atoms with E-state index in [1.807, 2.05) is 0 Å². The first-order valence-electron chi connectivity index (χ1n) is 3.85. The van der Waals surface area contributed by atoms with Crippen LogP contribution in [0.3, 0.4) is 0 Å². The van der Waals surface area contributed by atoms with Gasteiger partial charge in [-0.25, -0.2) is 4.98 Å². The van der Waals surface area contributed by atoms with E-state index in [1.54, 1.807) is 6.92 Å². The van der Waals surface area contributed by atoms with Crippen molar-refractivity contribution in [3.8, 4) is 5.88 Å². The molecule has 0 saturated heterocycles. The first kappa shape index (κ1) is 9.88. The quantitative estimate of drug-likeness (QED) is 0.679. The zero-order valence-electron chi connectivity index (χ0n) is 7.61. The highest BCUT2D eigenvalue weighted by atomic mass is 16.5. The van der Waals surface area contributed by atoms with Crippen LogP contribution in [0.1, 0.15) is 17.1 Å². The average Bonchev–Trinajstić information content (AvgIpc) is 2.18. The van der Waals surface area contributed by atoms with Crippen LogP contribution >= 0.6 is 0 Å². The van der Waals surface area contributed by atoms with E-state index in [1.165, 1.54) is 7.11 Å². The van der Waals surface area contributed by atoms with Crippen LogP contribution in [-0.2, 0) is 13.2 Å². The topological polar surface area (TPSA) is 75.5 Å². The molecule has 0 unspecified atom stereocenters. The maximum Gasteiger partial charge on any atom is 0.219 e. The predicted octanol–water partition coefficient (Wildman–Crippen LogP) is -0.222. The molecule has 1 heterocycles. The van der Waals surface area contributed by atoms with Crippen molar-refractivity contribution < 1.29 is 14.9 Å². The molecule has 0 radical (unpaired) electrons. The van der Waals surface area contributed by atoms with Crippen LogP contribution < -0.4 is 4.74 Å². The Balaban J connectivity index is 3.20. The molecule has 72 valence electrons. The molecule has 5 nitrogen and oxygen atoms in total. The lowest BCUT2D eigenvalue weighted by atomic mass is 10.2. The van der Waals surface area contributed by atoms with Crippen LogP contribution in [0.25, 0.3) is 0 Å². The highest BCUT2D eigenvalue weighted by molar-refractivity contribution is 5.28. The molecule has 1 aromatic heterocycles. The van der Waals surface area contributed by atoms with E-state index in [-0.39, 0.29) is 19.0 Å². The fourth-order valence-corrected chi connectivity index (χ4v) is 1.01. The maximum absolute atomic E-state index is 8.93. The Labute approximate surface area is 76.0 Å². The summed E-state index contributed by atoms with van der Waals surface area (Å²) in [5.41, 5.74) is 1.18. The van der Waals surface area contributed by atoms with Gasteiger partial charge < -0.3 is 14.9 Å². The van der Waals surface area contributed by atoms with Crippen LogP contribution in [-0.4, -0.2) is 27.3 Å². The summed E-state index contributed by atoms with van der Waals surface area (Å²) in [6.45, 7) is 1.31. The molecule has 2 N–H and O–H groups in total. The van der Waals surface area contributed by atoms with Gasteiger partial charge in [0.15, 0.2) is 5.82 Å². The zero-order valence-corrected chi connectivity index (χ0v) is 7.61. The van der Waals surface area contributed by atoms with E-state index in [9.17, 15) is 0 Å². The minimum absolute atomic E-state index is 0.183. The summed E-state index contributed by atoms with van der Waals surface area (Å²) in [7, 11) is 1.48. The van der Waals surface area contributed by atoms with Crippen molar-refractivity contribution in [2.45, 2.75) is 20.1 Å². The molecule has 1 aromatic rings. The third kappa shape index (κ3) is 1.93. The first-order chi connectivity index (χ1) is 6.22. The summed E-state index contributed by atoms with van der Waals surface area (Å²) in [4.78, 5) is 7.85. The molecule has 0 fully saturated rings. The molecule has 0 aliphatic carbocycles. The second-order valence-corrected chi connectivity index (χ2v) is 2.54. The number of methoxy groups -OCH3 is 1. The average molecular weight is 184 g/mol. The molecule has 0 aliphatic heterocycles. The van der Waals surface area contributed by atoms with Crippen molar-refractivity contribution >= 4 is 0 Å². The fraction of sp³-hybridized carbons (Fsp3) is 0.500.